The number of esters is 1. The first-order valence-corrected chi connectivity index (χ1v) is 10.9. The Bertz CT molecular complexity index is 1160. The lowest BCUT2D eigenvalue weighted by Gasteiger charge is -2.12. The zero-order valence-electron chi connectivity index (χ0n) is 17.7. The van der Waals surface area contributed by atoms with Gasteiger partial charge in [-0.15, -0.1) is 11.8 Å². The number of amides is 2. The second-order valence-electron chi connectivity index (χ2n) is 6.78. The number of ether oxygens (including phenoxy) is 1. The minimum atomic E-state index is -0.557. The van der Waals surface area contributed by atoms with Gasteiger partial charge in [0.1, 0.15) is 11.5 Å². The zero-order chi connectivity index (χ0) is 23.6. The number of anilines is 1. The van der Waals surface area contributed by atoms with Crippen LogP contribution in [0.2, 0.25) is 0 Å². The summed E-state index contributed by atoms with van der Waals surface area (Å²) < 4.78 is 17.9. The van der Waals surface area contributed by atoms with Crippen LogP contribution >= 0.6 is 11.8 Å². The average molecular weight is 465 g/mol. The average Bonchev–Trinajstić information content (AvgIpc) is 2.84. The van der Waals surface area contributed by atoms with Gasteiger partial charge in [0, 0.05) is 16.1 Å². The van der Waals surface area contributed by atoms with Gasteiger partial charge in [0.05, 0.1) is 12.9 Å². The first-order valence-electron chi connectivity index (χ1n) is 9.89. The van der Waals surface area contributed by atoms with Crippen LogP contribution in [0.1, 0.15) is 15.9 Å². The van der Waals surface area contributed by atoms with E-state index in [0.717, 1.165) is 4.90 Å². The predicted molar refractivity (Wildman–Crippen MR) is 126 cm³/mol. The fourth-order valence-electron chi connectivity index (χ4n) is 2.73. The molecular weight excluding hydrogens is 443 g/mol. The number of methoxy groups -OCH3 is 1. The van der Waals surface area contributed by atoms with Crippen LogP contribution in [0.5, 0.6) is 0 Å². The van der Waals surface area contributed by atoms with E-state index in [9.17, 15) is 18.8 Å². The second-order valence-corrected chi connectivity index (χ2v) is 7.83. The van der Waals surface area contributed by atoms with E-state index >= 15 is 0 Å². The summed E-state index contributed by atoms with van der Waals surface area (Å²) in [6.07, 6.45) is 1.46. The first kappa shape index (κ1) is 23.7. The van der Waals surface area contributed by atoms with Gasteiger partial charge in [-0.25, -0.2) is 4.39 Å². The molecule has 8 heteroatoms. The Kier molecular flexibility index (Phi) is 8.37. The van der Waals surface area contributed by atoms with E-state index in [0.29, 0.717) is 16.8 Å². The smallest absolute Gasteiger partial charge is 0.315 e. The molecule has 2 amide bonds. The van der Waals surface area contributed by atoms with Crippen LogP contribution in [-0.4, -0.2) is 30.6 Å². The number of thioether (sulfide) groups is 1. The molecule has 0 unspecified atom stereocenters. The number of benzene rings is 3. The number of nitrogens with one attached hydrogen (secondary N) is 2. The summed E-state index contributed by atoms with van der Waals surface area (Å²) in [6, 6.07) is 20.9. The highest BCUT2D eigenvalue weighted by molar-refractivity contribution is 8.00. The maximum absolute atomic E-state index is 13.3. The summed E-state index contributed by atoms with van der Waals surface area (Å²) in [4.78, 5) is 37.8. The number of hydrogen-bond acceptors (Lipinski definition) is 5. The Balaban J connectivity index is 1.81. The highest BCUT2D eigenvalue weighted by atomic mass is 32.2. The maximum Gasteiger partial charge on any atom is 0.315 e. The van der Waals surface area contributed by atoms with Gasteiger partial charge in [-0.2, -0.15) is 0 Å². The highest BCUT2D eigenvalue weighted by Gasteiger charge is 2.15. The zero-order valence-corrected chi connectivity index (χ0v) is 18.5. The van der Waals surface area contributed by atoms with Gasteiger partial charge < -0.3 is 15.4 Å². The highest BCUT2D eigenvalue weighted by Crippen LogP contribution is 2.22. The van der Waals surface area contributed by atoms with E-state index in [2.05, 4.69) is 15.4 Å². The molecule has 168 valence electrons. The molecule has 0 aliphatic heterocycles. The lowest BCUT2D eigenvalue weighted by molar-refractivity contribution is -0.137. The fourth-order valence-corrected chi connectivity index (χ4v) is 3.52. The van der Waals surface area contributed by atoms with Crippen molar-refractivity contribution < 1.29 is 23.5 Å². The van der Waals surface area contributed by atoms with E-state index in [1.807, 2.05) is 0 Å². The van der Waals surface area contributed by atoms with Crippen LogP contribution in [0.25, 0.3) is 6.08 Å². The molecule has 3 aromatic carbocycles. The molecule has 3 rings (SSSR count). The molecule has 2 N–H and O–H groups in total. The SMILES string of the molecule is COC(=O)CSc1cccc(NC(=O)/C(=C/c2ccc(F)cc2)NC(=O)c2ccccc2)c1. The minimum absolute atomic E-state index is 0.0110. The summed E-state index contributed by atoms with van der Waals surface area (Å²) in [5.74, 6) is -1.65. The monoisotopic (exact) mass is 464 g/mol. The van der Waals surface area contributed by atoms with Crippen LogP contribution in [0.4, 0.5) is 10.1 Å². The Morgan fingerprint density at radius 3 is 2.39 bits per heavy atom. The molecule has 0 aliphatic carbocycles. The van der Waals surface area contributed by atoms with Gasteiger partial charge in [-0.3, -0.25) is 14.4 Å². The summed E-state index contributed by atoms with van der Waals surface area (Å²) in [5.41, 5.74) is 1.39. The van der Waals surface area contributed by atoms with E-state index in [-0.39, 0.29) is 17.4 Å². The van der Waals surface area contributed by atoms with Crippen molar-refractivity contribution in [2.45, 2.75) is 4.90 Å². The van der Waals surface area contributed by atoms with Gasteiger partial charge in [-0.05, 0) is 54.1 Å². The molecule has 0 radical (unpaired) electrons. The van der Waals surface area contributed by atoms with Crippen LogP contribution in [0.15, 0.2) is 89.5 Å². The minimum Gasteiger partial charge on any atom is -0.468 e. The van der Waals surface area contributed by atoms with E-state index in [4.69, 9.17) is 0 Å². The van der Waals surface area contributed by atoms with Crippen molar-refractivity contribution >= 4 is 41.3 Å². The van der Waals surface area contributed by atoms with Crippen LogP contribution in [0, 0.1) is 5.82 Å². The Hall–Kier alpha value is -3.91. The Labute approximate surface area is 194 Å². The third kappa shape index (κ3) is 7.33. The maximum atomic E-state index is 13.3. The molecule has 6 nitrogen and oxygen atoms in total. The molecule has 0 bridgehead atoms. The third-order valence-electron chi connectivity index (χ3n) is 4.39. The largest absolute Gasteiger partial charge is 0.468 e. The van der Waals surface area contributed by atoms with Crippen LogP contribution < -0.4 is 10.6 Å². The van der Waals surface area contributed by atoms with E-state index < -0.39 is 17.6 Å². The number of hydrogen-bond donors (Lipinski definition) is 2. The van der Waals surface area contributed by atoms with E-state index in [1.165, 1.54) is 49.2 Å². The topological polar surface area (TPSA) is 84.5 Å². The van der Waals surface area contributed by atoms with Crippen molar-refractivity contribution in [3.8, 4) is 0 Å². The summed E-state index contributed by atoms with van der Waals surface area (Å²) in [6.45, 7) is 0. The van der Waals surface area contributed by atoms with Crippen molar-refractivity contribution in [3.05, 3.63) is 102 Å². The third-order valence-corrected chi connectivity index (χ3v) is 5.35. The Morgan fingerprint density at radius 1 is 0.970 bits per heavy atom. The van der Waals surface area contributed by atoms with Crippen LogP contribution in [-0.2, 0) is 14.3 Å². The molecule has 0 fully saturated rings. The molecule has 0 heterocycles. The van der Waals surface area contributed by atoms with Crippen molar-refractivity contribution in [1.82, 2.24) is 5.32 Å². The molecular formula is C25H21FN2O4S. The van der Waals surface area contributed by atoms with Gasteiger partial charge in [0.2, 0.25) is 0 Å². The van der Waals surface area contributed by atoms with Gasteiger partial charge >= 0.3 is 5.97 Å². The standard InChI is InChI=1S/C25H21FN2O4S/c1-32-23(29)16-33-21-9-5-8-20(15-21)27-25(31)22(14-17-10-12-19(26)13-11-17)28-24(30)18-6-3-2-4-7-18/h2-15H,16H2,1H3,(H,27,31)(H,28,30)/b22-14-. The molecule has 0 aromatic heterocycles. The van der Waals surface area contributed by atoms with Crippen LogP contribution in [0.3, 0.4) is 0 Å². The molecule has 0 spiro atoms. The number of halogens is 1. The lowest BCUT2D eigenvalue weighted by Crippen LogP contribution is -2.30. The number of carbonyl (C=O) groups is 3. The van der Waals surface area contributed by atoms with E-state index in [1.54, 1.807) is 54.6 Å². The van der Waals surface area contributed by atoms with Crippen molar-refractivity contribution in [2.75, 3.05) is 18.2 Å². The second kappa shape index (κ2) is 11.6. The first-order chi connectivity index (χ1) is 15.9. The number of carbonyl (C=O) groups excluding carboxylic acids is 3. The van der Waals surface area contributed by atoms with Gasteiger partial charge in [-0.1, -0.05) is 36.4 Å². The quantitative estimate of drug-likeness (QED) is 0.291. The van der Waals surface area contributed by atoms with Gasteiger partial charge in [0.15, 0.2) is 0 Å². The Morgan fingerprint density at radius 2 is 1.70 bits per heavy atom. The molecule has 0 saturated heterocycles. The lowest BCUT2D eigenvalue weighted by atomic mass is 10.1. The molecule has 3 aromatic rings. The summed E-state index contributed by atoms with van der Waals surface area (Å²) in [5, 5.41) is 5.38. The fraction of sp³-hybridized carbons (Fsp3) is 0.0800. The number of rotatable bonds is 8. The molecule has 0 saturated carbocycles. The summed E-state index contributed by atoms with van der Waals surface area (Å²) >= 11 is 1.27. The van der Waals surface area contributed by atoms with Gasteiger partial charge in [0.25, 0.3) is 11.8 Å². The molecule has 33 heavy (non-hydrogen) atoms. The van der Waals surface area contributed by atoms with Crippen molar-refractivity contribution in [3.63, 3.8) is 0 Å². The molecule has 0 aliphatic rings. The predicted octanol–water partition coefficient (Wildman–Crippen LogP) is 4.50. The van der Waals surface area contributed by atoms with Crippen molar-refractivity contribution in [2.24, 2.45) is 0 Å². The molecule has 0 atom stereocenters. The normalized spacial score (nSPS) is 10.9. The van der Waals surface area contributed by atoms with Crippen molar-refractivity contribution in [1.29, 1.82) is 0 Å². The summed E-state index contributed by atoms with van der Waals surface area (Å²) in [7, 11) is 1.32.